The monoisotopic (exact) mass is 209 g/mol. The summed E-state index contributed by atoms with van der Waals surface area (Å²) < 4.78 is 0. The van der Waals surface area contributed by atoms with Crippen molar-refractivity contribution < 1.29 is 0 Å². The van der Waals surface area contributed by atoms with Gasteiger partial charge in [0.25, 0.3) is 0 Å². The summed E-state index contributed by atoms with van der Waals surface area (Å²) in [4.78, 5) is 8.54. The predicted molar refractivity (Wildman–Crippen MR) is 58.5 cm³/mol. The lowest BCUT2D eigenvalue weighted by molar-refractivity contribution is 0.662. The Hall–Kier alpha value is -0.610. The van der Waals surface area contributed by atoms with Crippen LogP contribution in [0, 0.1) is 12.8 Å². The molecular weight excluding hydrogens is 194 g/mol. The van der Waals surface area contributed by atoms with E-state index in [1.165, 1.54) is 13.0 Å². The highest BCUT2D eigenvalue weighted by Gasteiger charge is 2.15. The lowest BCUT2D eigenvalue weighted by atomic mass is 10.2. The molecule has 0 amide bonds. The molecule has 0 aromatic carbocycles. The van der Waals surface area contributed by atoms with Gasteiger partial charge >= 0.3 is 0 Å². The smallest absolute Gasteiger partial charge is 0.117 e. The third-order valence-corrected chi connectivity index (χ3v) is 3.77. The van der Waals surface area contributed by atoms with Crippen LogP contribution in [0.4, 0.5) is 0 Å². The van der Waals surface area contributed by atoms with Gasteiger partial charge < -0.3 is 5.32 Å². The molecule has 0 bridgehead atoms. The standard InChI is InChI=1S/C10H15N3S/c1-8-10(13-5-4-12-8)14-7-9-2-3-11-6-9/h4-5,9,11H,2-3,6-7H2,1H3/t9-/m0/s1. The number of hydrogen-bond acceptors (Lipinski definition) is 4. The Kier molecular flexibility index (Phi) is 3.37. The lowest BCUT2D eigenvalue weighted by Gasteiger charge is -2.07. The Morgan fingerprint density at radius 1 is 1.50 bits per heavy atom. The summed E-state index contributed by atoms with van der Waals surface area (Å²) in [6.45, 7) is 4.35. The van der Waals surface area contributed by atoms with E-state index >= 15 is 0 Å². The summed E-state index contributed by atoms with van der Waals surface area (Å²) in [5, 5.41) is 4.46. The van der Waals surface area contributed by atoms with Crippen LogP contribution < -0.4 is 5.32 Å². The molecule has 1 aliphatic rings. The van der Waals surface area contributed by atoms with Crippen LogP contribution in [0.2, 0.25) is 0 Å². The van der Waals surface area contributed by atoms with Gasteiger partial charge in [0.05, 0.1) is 5.69 Å². The first-order chi connectivity index (χ1) is 6.86. The van der Waals surface area contributed by atoms with Crippen molar-refractivity contribution >= 4 is 11.8 Å². The van der Waals surface area contributed by atoms with E-state index in [0.29, 0.717) is 0 Å². The molecule has 76 valence electrons. The molecule has 3 nitrogen and oxygen atoms in total. The molecule has 1 atom stereocenters. The topological polar surface area (TPSA) is 37.8 Å². The average Bonchev–Trinajstić information content (AvgIpc) is 2.69. The van der Waals surface area contributed by atoms with E-state index in [4.69, 9.17) is 0 Å². The Labute approximate surface area is 88.7 Å². The number of aryl methyl sites for hydroxylation is 1. The fourth-order valence-electron chi connectivity index (χ4n) is 1.59. The zero-order valence-electron chi connectivity index (χ0n) is 8.36. The summed E-state index contributed by atoms with van der Waals surface area (Å²) in [7, 11) is 0. The van der Waals surface area contributed by atoms with Gasteiger partial charge in [-0.3, -0.25) is 4.98 Å². The summed E-state index contributed by atoms with van der Waals surface area (Å²) >= 11 is 1.83. The maximum Gasteiger partial charge on any atom is 0.117 e. The fraction of sp³-hybridized carbons (Fsp3) is 0.600. The summed E-state index contributed by atoms with van der Waals surface area (Å²) in [6, 6.07) is 0. The fourth-order valence-corrected chi connectivity index (χ4v) is 2.67. The third kappa shape index (κ3) is 2.45. The molecule has 1 aromatic heterocycles. The number of rotatable bonds is 3. The molecule has 0 aliphatic carbocycles. The zero-order chi connectivity index (χ0) is 9.80. The van der Waals surface area contributed by atoms with E-state index in [0.717, 1.165) is 28.9 Å². The minimum Gasteiger partial charge on any atom is -0.316 e. The van der Waals surface area contributed by atoms with Crippen molar-refractivity contribution in [3.05, 3.63) is 18.1 Å². The van der Waals surface area contributed by atoms with Crippen LogP contribution in [0.25, 0.3) is 0 Å². The molecule has 1 saturated heterocycles. The lowest BCUT2D eigenvalue weighted by Crippen LogP contribution is -2.10. The molecule has 2 rings (SSSR count). The third-order valence-electron chi connectivity index (χ3n) is 2.45. The van der Waals surface area contributed by atoms with E-state index in [1.54, 1.807) is 12.4 Å². The zero-order valence-corrected chi connectivity index (χ0v) is 9.18. The average molecular weight is 209 g/mol. The van der Waals surface area contributed by atoms with Crippen LogP contribution in [0.3, 0.4) is 0 Å². The van der Waals surface area contributed by atoms with Gasteiger partial charge in [-0.1, -0.05) is 0 Å². The molecule has 0 spiro atoms. The van der Waals surface area contributed by atoms with Crippen LogP contribution in [0.5, 0.6) is 0 Å². The van der Waals surface area contributed by atoms with Crippen molar-refractivity contribution in [1.82, 2.24) is 15.3 Å². The van der Waals surface area contributed by atoms with Crippen molar-refractivity contribution in [2.75, 3.05) is 18.8 Å². The normalized spacial score (nSPS) is 21.4. The van der Waals surface area contributed by atoms with Crippen molar-refractivity contribution in [3.63, 3.8) is 0 Å². The van der Waals surface area contributed by atoms with E-state index in [1.807, 2.05) is 18.7 Å². The van der Waals surface area contributed by atoms with E-state index in [-0.39, 0.29) is 0 Å². The minimum atomic E-state index is 0.807. The highest BCUT2D eigenvalue weighted by atomic mass is 32.2. The summed E-state index contributed by atoms with van der Waals surface area (Å²) in [5.41, 5.74) is 1.04. The Bertz CT molecular complexity index is 297. The van der Waals surface area contributed by atoms with E-state index in [2.05, 4.69) is 15.3 Å². The van der Waals surface area contributed by atoms with Crippen LogP contribution >= 0.6 is 11.8 Å². The second-order valence-electron chi connectivity index (χ2n) is 3.62. The molecule has 0 unspecified atom stereocenters. The number of nitrogens with one attached hydrogen (secondary N) is 1. The van der Waals surface area contributed by atoms with Gasteiger partial charge in [-0.15, -0.1) is 11.8 Å². The van der Waals surface area contributed by atoms with Gasteiger partial charge in [0.2, 0.25) is 0 Å². The van der Waals surface area contributed by atoms with Crippen LogP contribution in [-0.4, -0.2) is 28.8 Å². The number of nitrogens with zero attached hydrogens (tertiary/aromatic N) is 2. The van der Waals surface area contributed by atoms with E-state index in [9.17, 15) is 0 Å². The van der Waals surface area contributed by atoms with Gasteiger partial charge in [0.1, 0.15) is 5.03 Å². The van der Waals surface area contributed by atoms with E-state index < -0.39 is 0 Å². The number of hydrogen-bond donors (Lipinski definition) is 1. The predicted octanol–water partition coefficient (Wildman–Crippen LogP) is 1.49. The summed E-state index contributed by atoms with van der Waals surface area (Å²) in [5.74, 6) is 1.97. The number of aromatic nitrogens is 2. The second kappa shape index (κ2) is 4.75. The first kappa shape index (κ1) is 9.93. The van der Waals surface area contributed by atoms with Crippen molar-refractivity contribution in [3.8, 4) is 0 Å². The van der Waals surface area contributed by atoms with Crippen LogP contribution in [0.1, 0.15) is 12.1 Å². The van der Waals surface area contributed by atoms with Crippen molar-refractivity contribution in [1.29, 1.82) is 0 Å². The first-order valence-corrected chi connectivity index (χ1v) is 5.96. The van der Waals surface area contributed by atoms with Gasteiger partial charge in [-0.2, -0.15) is 0 Å². The number of thioether (sulfide) groups is 1. The molecule has 1 N–H and O–H groups in total. The molecule has 2 heterocycles. The first-order valence-electron chi connectivity index (χ1n) is 4.97. The molecule has 14 heavy (non-hydrogen) atoms. The molecule has 0 saturated carbocycles. The molecule has 1 aromatic rings. The Balaban J connectivity index is 1.88. The van der Waals surface area contributed by atoms with Gasteiger partial charge in [-0.25, -0.2) is 4.98 Å². The largest absolute Gasteiger partial charge is 0.316 e. The maximum absolute atomic E-state index is 4.32. The molecule has 4 heteroatoms. The van der Waals surface area contributed by atoms with Crippen molar-refractivity contribution in [2.24, 2.45) is 5.92 Å². The minimum absolute atomic E-state index is 0.807. The van der Waals surface area contributed by atoms with Gasteiger partial charge in [0.15, 0.2) is 0 Å². The molecule has 0 radical (unpaired) electrons. The summed E-state index contributed by atoms with van der Waals surface area (Å²) in [6.07, 6.45) is 4.81. The molecule has 1 aliphatic heterocycles. The second-order valence-corrected chi connectivity index (χ2v) is 4.63. The van der Waals surface area contributed by atoms with Crippen LogP contribution in [0.15, 0.2) is 17.4 Å². The molecule has 1 fully saturated rings. The highest BCUT2D eigenvalue weighted by molar-refractivity contribution is 7.99. The van der Waals surface area contributed by atoms with Crippen LogP contribution in [-0.2, 0) is 0 Å². The van der Waals surface area contributed by atoms with Crippen molar-refractivity contribution in [2.45, 2.75) is 18.4 Å². The van der Waals surface area contributed by atoms with Gasteiger partial charge in [0, 0.05) is 18.1 Å². The Morgan fingerprint density at radius 3 is 3.07 bits per heavy atom. The Morgan fingerprint density at radius 2 is 2.36 bits per heavy atom. The van der Waals surface area contributed by atoms with Gasteiger partial charge in [-0.05, 0) is 32.4 Å². The SMILES string of the molecule is Cc1nccnc1SC[C@H]1CCNC1. The molecular formula is C10H15N3S. The maximum atomic E-state index is 4.32. The highest BCUT2D eigenvalue weighted by Crippen LogP contribution is 2.22. The quantitative estimate of drug-likeness (QED) is 0.765.